The van der Waals surface area contributed by atoms with Gasteiger partial charge < -0.3 is 10.6 Å². The van der Waals surface area contributed by atoms with Crippen molar-refractivity contribution in [1.82, 2.24) is 15.3 Å². The van der Waals surface area contributed by atoms with Gasteiger partial charge in [0.05, 0.1) is 12.2 Å². The van der Waals surface area contributed by atoms with E-state index >= 15 is 0 Å². The molecule has 0 fully saturated rings. The minimum atomic E-state index is -0.747. The molecule has 0 spiro atoms. The van der Waals surface area contributed by atoms with Crippen molar-refractivity contribution < 1.29 is 9.59 Å². The molecule has 6 heteroatoms. The SMILES string of the molecule is Cc1cccnc1NC(=O)C(=O)NCc1ccccn1. The molecule has 2 heterocycles. The molecule has 2 amide bonds. The maximum absolute atomic E-state index is 11.7. The van der Waals surface area contributed by atoms with Crippen LogP contribution < -0.4 is 10.6 Å². The van der Waals surface area contributed by atoms with Crippen LogP contribution in [0.4, 0.5) is 5.82 Å². The summed E-state index contributed by atoms with van der Waals surface area (Å²) < 4.78 is 0. The van der Waals surface area contributed by atoms with E-state index in [1.54, 1.807) is 43.6 Å². The Morgan fingerprint density at radius 2 is 1.85 bits per heavy atom. The van der Waals surface area contributed by atoms with Gasteiger partial charge >= 0.3 is 11.8 Å². The Bertz CT molecular complexity index is 614. The molecule has 0 aliphatic carbocycles. The Morgan fingerprint density at radius 3 is 2.55 bits per heavy atom. The highest BCUT2D eigenvalue weighted by Gasteiger charge is 2.14. The molecular weight excluding hydrogens is 256 g/mol. The normalized spacial score (nSPS) is 9.85. The van der Waals surface area contributed by atoms with Gasteiger partial charge in [0.15, 0.2) is 0 Å². The second kappa shape index (κ2) is 6.42. The van der Waals surface area contributed by atoms with E-state index in [2.05, 4.69) is 20.6 Å². The number of nitrogens with one attached hydrogen (secondary N) is 2. The number of amides is 2. The van der Waals surface area contributed by atoms with Gasteiger partial charge in [0.25, 0.3) is 0 Å². The summed E-state index contributed by atoms with van der Waals surface area (Å²) in [5.74, 6) is -1.09. The van der Waals surface area contributed by atoms with E-state index in [4.69, 9.17) is 0 Å². The van der Waals surface area contributed by atoms with Crippen molar-refractivity contribution in [3.63, 3.8) is 0 Å². The average molecular weight is 270 g/mol. The Labute approximate surface area is 116 Å². The first-order valence-corrected chi connectivity index (χ1v) is 6.07. The summed E-state index contributed by atoms with van der Waals surface area (Å²) >= 11 is 0. The van der Waals surface area contributed by atoms with Gasteiger partial charge in [-0.25, -0.2) is 4.98 Å². The van der Waals surface area contributed by atoms with Crippen LogP contribution in [0.2, 0.25) is 0 Å². The Morgan fingerprint density at radius 1 is 1.05 bits per heavy atom. The van der Waals surface area contributed by atoms with Crippen molar-refractivity contribution in [3.05, 3.63) is 54.0 Å². The number of carbonyl (C=O) groups excluding carboxylic acids is 2. The van der Waals surface area contributed by atoms with E-state index in [9.17, 15) is 9.59 Å². The molecule has 2 aromatic heterocycles. The lowest BCUT2D eigenvalue weighted by Crippen LogP contribution is -2.35. The summed E-state index contributed by atoms with van der Waals surface area (Å²) in [5.41, 5.74) is 1.47. The largest absolute Gasteiger partial charge is 0.342 e. The van der Waals surface area contributed by atoms with E-state index in [0.717, 1.165) is 5.56 Å². The molecule has 0 aromatic carbocycles. The van der Waals surface area contributed by atoms with Crippen molar-refractivity contribution >= 4 is 17.6 Å². The number of hydrogen-bond acceptors (Lipinski definition) is 4. The molecule has 2 rings (SSSR count). The van der Waals surface area contributed by atoms with Gasteiger partial charge in [-0.05, 0) is 30.7 Å². The van der Waals surface area contributed by atoms with Crippen LogP contribution in [0.25, 0.3) is 0 Å². The predicted molar refractivity (Wildman–Crippen MR) is 73.7 cm³/mol. The molecule has 0 radical (unpaired) electrons. The van der Waals surface area contributed by atoms with E-state index in [0.29, 0.717) is 11.5 Å². The lowest BCUT2D eigenvalue weighted by Gasteiger charge is -2.07. The zero-order valence-electron chi connectivity index (χ0n) is 11.0. The van der Waals surface area contributed by atoms with Gasteiger partial charge in [0.1, 0.15) is 5.82 Å². The number of rotatable bonds is 3. The standard InChI is InChI=1S/C14H14N4O2/c1-10-5-4-8-16-12(10)18-14(20)13(19)17-9-11-6-2-3-7-15-11/h2-8H,9H2,1H3,(H,17,19)(H,16,18,20). The van der Waals surface area contributed by atoms with E-state index in [1.165, 1.54) is 0 Å². The zero-order chi connectivity index (χ0) is 14.4. The highest BCUT2D eigenvalue weighted by Crippen LogP contribution is 2.08. The monoisotopic (exact) mass is 270 g/mol. The molecule has 0 unspecified atom stereocenters. The van der Waals surface area contributed by atoms with Crippen molar-refractivity contribution in [3.8, 4) is 0 Å². The highest BCUT2D eigenvalue weighted by molar-refractivity contribution is 6.39. The fourth-order valence-corrected chi connectivity index (χ4v) is 1.53. The summed E-state index contributed by atoms with van der Waals surface area (Å²) in [7, 11) is 0. The molecule has 0 bridgehead atoms. The molecule has 2 aromatic rings. The summed E-state index contributed by atoms with van der Waals surface area (Å²) in [6.45, 7) is 2.00. The second-order valence-corrected chi connectivity index (χ2v) is 4.13. The summed E-state index contributed by atoms with van der Waals surface area (Å²) in [5, 5.41) is 4.96. The smallest absolute Gasteiger partial charge is 0.314 e. The zero-order valence-corrected chi connectivity index (χ0v) is 11.0. The molecule has 0 saturated heterocycles. The number of anilines is 1. The topological polar surface area (TPSA) is 84.0 Å². The summed E-state index contributed by atoms with van der Waals surface area (Å²) in [6.07, 6.45) is 3.17. The number of pyridine rings is 2. The molecule has 0 saturated carbocycles. The molecular formula is C14H14N4O2. The van der Waals surface area contributed by atoms with Gasteiger partial charge in [-0.2, -0.15) is 0 Å². The number of aryl methyl sites for hydroxylation is 1. The third-order valence-electron chi connectivity index (χ3n) is 2.60. The molecule has 20 heavy (non-hydrogen) atoms. The fraction of sp³-hybridized carbons (Fsp3) is 0.143. The van der Waals surface area contributed by atoms with Crippen molar-refractivity contribution in [2.45, 2.75) is 13.5 Å². The van der Waals surface area contributed by atoms with Gasteiger partial charge in [0, 0.05) is 12.4 Å². The molecule has 0 aliphatic heterocycles. The van der Waals surface area contributed by atoms with E-state index in [1.807, 2.05) is 6.07 Å². The minimum Gasteiger partial charge on any atom is -0.342 e. The van der Waals surface area contributed by atoms with Crippen LogP contribution in [0.1, 0.15) is 11.3 Å². The number of carbonyl (C=O) groups is 2. The quantitative estimate of drug-likeness (QED) is 0.816. The molecule has 0 aliphatic rings. The van der Waals surface area contributed by atoms with Crippen molar-refractivity contribution in [2.75, 3.05) is 5.32 Å². The van der Waals surface area contributed by atoms with E-state index in [-0.39, 0.29) is 6.54 Å². The number of hydrogen-bond donors (Lipinski definition) is 2. The average Bonchev–Trinajstić information content (AvgIpc) is 2.48. The molecule has 102 valence electrons. The van der Waals surface area contributed by atoms with Crippen LogP contribution in [-0.4, -0.2) is 21.8 Å². The number of aromatic nitrogens is 2. The second-order valence-electron chi connectivity index (χ2n) is 4.13. The minimum absolute atomic E-state index is 0.203. The molecule has 6 nitrogen and oxygen atoms in total. The first-order valence-electron chi connectivity index (χ1n) is 6.07. The maximum atomic E-state index is 11.7. The molecule has 0 atom stereocenters. The third-order valence-corrected chi connectivity index (χ3v) is 2.60. The summed E-state index contributed by atoms with van der Waals surface area (Å²) in [4.78, 5) is 31.4. The van der Waals surface area contributed by atoms with Gasteiger partial charge in [-0.1, -0.05) is 12.1 Å². The third kappa shape index (κ3) is 3.61. The summed E-state index contributed by atoms with van der Waals surface area (Å²) in [6, 6.07) is 8.91. The first kappa shape index (κ1) is 13.7. The predicted octanol–water partition coefficient (Wildman–Crippen LogP) is 1.04. The Balaban J connectivity index is 1.90. The Kier molecular flexibility index (Phi) is 4.39. The van der Waals surface area contributed by atoms with Crippen LogP contribution in [0.15, 0.2) is 42.7 Å². The van der Waals surface area contributed by atoms with Crippen LogP contribution in [0.5, 0.6) is 0 Å². The maximum Gasteiger partial charge on any atom is 0.314 e. The van der Waals surface area contributed by atoms with Crippen molar-refractivity contribution in [2.24, 2.45) is 0 Å². The van der Waals surface area contributed by atoms with Gasteiger partial charge in [0.2, 0.25) is 0 Å². The molecule has 2 N–H and O–H groups in total. The first-order chi connectivity index (χ1) is 9.66. The van der Waals surface area contributed by atoms with Crippen LogP contribution in [0.3, 0.4) is 0 Å². The Hall–Kier alpha value is -2.76. The van der Waals surface area contributed by atoms with E-state index < -0.39 is 11.8 Å². The lowest BCUT2D eigenvalue weighted by atomic mass is 10.3. The lowest BCUT2D eigenvalue weighted by molar-refractivity contribution is -0.136. The van der Waals surface area contributed by atoms with Gasteiger partial charge in [-0.15, -0.1) is 0 Å². The van der Waals surface area contributed by atoms with Crippen LogP contribution in [0, 0.1) is 6.92 Å². The highest BCUT2D eigenvalue weighted by atomic mass is 16.2. The van der Waals surface area contributed by atoms with Gasteiger partial charge in [-0.3, -0.25) is 14.6 Å². The van der Waals surface area contributed by atoms with Crippen LogP contribution in [-0.2, 0) is 16.1 Å². The fourth-order valence-electron chi connectivity index (χ4n) is 1.53. The van der Waals surface area contributed by atoms with Crippen LogP contribution >= 0.6 is 0 Å². The van der Waals surface area contributed by atoms with Crippen molar-refractivity contribution in [1.29, 1.82) is 0 Å². The number of nitrogens with zero attached hydrogens (tertiary/aromatic N) is 2.